The van der Waals surface area contributed by atoms with E-state index in [1.807, 2.05) is 38.1 Å². The van der Waals surface area contributed by atoms with Gasteiger partial charge in [0.1, 0.15) is 4.83 Å². The Morgan fingerprint density at radius 3 is 2.91 bits per heavy atom. The summed E-state index contributed by atoms with van der Waals surface area (Å²) in [4.78, 5) is 23.8. The fourth-order valence-corrected chi connectivity index (χ4v) is 3.87. The lowest BCUT2D eigenvalue weighted by Gasteiger charge is -2.14. The minimum absolute atomic E-state index is 0.0308. The number of aryl methyl sites for hydroxylation is 2. The number of nitrogens with zero attached hydrogens (tertiary/aromatic N) is 3. The molecular weight excluding hydrogens is 306 g/mol. The normalized spacial score (nSPS) is 12.7. The summed E-state index contributed by atoms with van der Waals surface area (Å²) in [6, 6.07) is 8.03. The first kappa shape index (κ1) is 15.9. The Balaban J connectivity index is 1.92. The number of rotatable bonds is 5. The molecule has 0 bridgehead atoms. The second-order valence-corrected chi connectivity index (χ2v) is 7.08. The Hall–Kier alpha value is -2.01. The number of thiophene rings is 1. The highest BCUT2D eigenvalue weighted by Crippen LogP contribution is 2.23. The molecule has 23 heavy (non-hydrogen) atoms. The summed E-state index contributed by atoms with van der Waals surface area (Å²) in [6.45, 7) is 6.17. The van der Waals surface area contributed by atoms with Crippen molar-refractivity contribution in [2.24, 2.45) is 0 Å². The van der Waals surface area contributed by atoms with E-state index in [4.69, 9.17) is 0 Å². The molecule has 0 spiro atoms. The summed E-state index contributed by atoms with van der Waals surface area (Å²) in [7, 11) is 0. The van der Waals surface area contributed by atoms with Crippen molar-refractivity contribution in [2.75, 3.05) is 0 Å². The van der Waals surface area contributed by atoms with Crippen molar-refractivity contribution in [2.45, 2.75) is 46.1 Å². The lowest BCUT2D eigenvalue weighted by Crippen LogP contribution is -2.24. The van der Waals surface area contributed by atoms with Gasteiger partial charge in [-0.05, 0) is 38.5 Å². The van der Waals surface area contributed by atoms with Crippen LogP contribution in [0, 0.1) is 6.92 Å². The third-order valence-electron chi connectivity index (χ3n) is 3.95. The fourth-order valence-electron chi connectivity index (χ4n) is 2.78. The van der Waals surface area contributed by atoms with E-state index in [-0.39, 0.29) is 11.6 Å². The van der Waals surface area contributed by atoms with E-state index in [0.29, 0.717) is 0 Å². The molecule has 3 heterocycles. The predicted molar refractivity (Wildman–Crippen MR) is 95.3 cm³/mol. The van der Waals surface area contributed by atoms with Crippen molar-refractivity contribution >= 4 is 21.6 Å². The standard InChI is InChI=1S/C18H21N3OS/c1-4-6-15-10-16-17(23-15)19-11-21(18(16)22)13(3)9-14-8-5-7-12(2)20-14/h5,7-8,10-11,13H,4,6,9H2,1-3H3/t13-/m1/s1. The molecule has 0 aliphatic carbocycles. The van der Waals surface area contributed by atoms with Gasteiger partial charge < -0.3 is 0 Å². The van der Waals surface area contributed by atoms with E-state index < -0.39 is 0 Å². The minimum atomic E-state index is 0.0308. The third kappa shape index (κ3) is 3.34. The largest absolute Gasteiger partial charge is 0.295 e. The van der Waals surface area contributed by atoms with Crippen LogP contribution < -0.4 is 5.56 Å². The first-order valence-electron chi connectivity index (χ1n) is 8.00. The molecule has 0 aliphatic rings. The van der Waals surface area contributed by atoms with Gasteiger partial charge in [0, 0.05) is 28.7 Å². The maximum Gasteiger partial charge on any atom is 0.262 e. The molecule has 0 unspecified atom stereocenters. The van der Waals surface area contributed by atoms with Crippen LogP contribution in [0.2, 0.25) is 0 Å². The van der Waals surface area contributed by atoms with Crippen LogP contribution in [-0.2, 0) is 12.8 Å². The monoisotopic (exact) mass is 327 g/mol. The van der Waals surface area contributed by atoms with E-state index in [1.54, 1.807) is 22.2 Å². The number of hydrogen-bond donors (Lipinski definition) is 0. The van der Waals surface area contributed by atoms with Crippen molar-refractivity contribution in [1.29, 1.82) is 0 Å². The summed E-state index contributed by atoms with van der Waals surface area (Å²) in [5, 5.41) is 0.741. The highest BCUT2D eigenvalue weighted by atomic mass is 32.1. The molecule has 1 atom stereocenters. The van der Waals surface area contributed by atoms with Crippen molar-refractivity contribution in [3.8, 4) is 0 Å². The van der Waals surface area contributed by atoms with E-state index in [2.05, 4.69) is 16.9 Å². The molecular formula is C18H21N3OS. The molecule has 0 fully saturated rings. The predicted octanol–water partition coefficient (Wildman–Crippen LogP) is 3.92. The van der Waals surface area contributed by atoms with Crippen LogP contribution in [0.3, 0.4) is 0 Å². The van der Waals surface area contributed by atoms with Gasteiger partial charge in [0.25, 0.3) is 5.56 Å². The van der Waals surface area contributed by atoms with Crippen LogP contribution in [0.5, 0.6) is 0 Å². The Bertz CT molecular complexity index is 881. The average Bonchev–Trinajstić information content (AvgIpc) is 2.91. The Labute approximate surface area is 139 Å². The van der Waals surface area contributed by atoms with Gasteiger partial charge in [-0.15, -0.1) is 11.3 Å². The SMILES string of the molecule is CCCc1cc2c(=O)n([C@H](C)Cc3cccc(C)n3)cnc2s1. The van der Waals surface area contributed by atoms with E-state index in [9.17, 15) is 4.79 Å². The van der Waals surface area contributed by atoms with Crippen LogP contribution >= 0.6 is 11.3 Å². The topological polar surface area (TPSA) is 47.8 Å². The average molecular weight is 327 g/mol. The summed E-state index contributed by atoms with van der Waals surface area (Å²) in [5.74, 6) is 0. The van der Waals surface area contributed by atoms with Crippen molar-refractivity contribution < 1.29 is 0 Å². The summed E-state index contributed by atoms with van der Waals surface area (Å²) in [6.07, 6.45) is 4.48. The first-order valence-corrected chi connectivity index (χ1v) is 8.82. The molecule has 0 radical (unpaired) electrons. The second kappa shape index (κ2) is 6.62. The molecule has 3 aromatic rings. The zero-order valence-corrected chi connectivity index (χ0v) is 14.6. The van der Waals surface area contributed by atoms with Gasteiger partial charge in [-0.1, -0.05) is 19.4 Å². The van der Waals surface area contributed by atoms with Gasteiger partial charge >= 0.3 is 0 Å². The number of fused-ring (bicyclic) bond motifs is 1. The summed E-state index contributed by atoms with van der Waals surface area (Å²) < 4.78 is 1.73. The summed E-state index contributed by atoms with van der Waals surface area (Å²) >= 11 is 1.63. The van der Waals surface area contributed by atoms with Gasteiger partial charge in [-0.25, -0.2) is 4.98 Å². The number of hydrogen-bond acceptors (Lipinski definition) is 4. The van der Waals surface area contributed by atoms with Crippen LogP contribution in [0.25, 0.3) is 10.2 Å². The van der Waals surface area contributed by atoms with Crippen LogP contribution in [0.1, 0.15) is 42.6 Å². The number of aromatic nitrogens is 3. The lowest BCUT2D eigenvalue weighted by atomic mass is 10.1. The van der Waals surface area contributed by atoms with Crippen LogP contribution in [-0.4, -0.2) is 14.5 Å². The van der Waals surface area contributed by atoms with E-state index >= 15 is 0 Å². The van der Waals surface area contributed by atoms with Gasteiger partial charge in [0.2, 0.25) is 0 Å². The van der Waals surface area contributed by atoms with Gasteiger partial charge in [0.15, 0.2) is 0 Å². The van der Waals surface area contributed by atoms with Crippen LogP contribution in [0.15, 0.2) is 35.4 Å². The molecule has 0 saturated carbocycles. The lowest BCUT2D eigenvalue weighted by molar-refractivity contribution is 0.517. The highest BCUT2D eigenvalue weighted by molar-refractivity contribution is 7.18. The second-order valence-electron chi connectivity index (χ2n) is 5.96. The molecule has 0 saturated heterocycles. The van der Waals surface area contributed by atoms with E-state index in [0.717, 1.165) is 40.9 Å². The molecule has 0 N–H and O–H groups in total. The van der Waals surface area contributed by atoms with Crippen LogP contribution in [0.4, 0.5) is 0 Å². The molecule has 0 aliphatic heterocycles. The van der Waals surface area contributed by atoms with E-state index in [1.165, 1.54) is 4.88 Å². The molecule has 5 heteroatoms. The minimum Gasteiger partial charge on any atom is -0.295 e. The molecule has 3 rings (SSSR count). The van der Waals surface area contributed by atoms with Gasteiger partial charge in [0.05, 0.1) is 11.7 Å². The van der Waals surface area contributed by atoms with Gasteiger partial charge in [-0.2, -0.15) is 0 Å². The zero-order chi connectivity index (χ0) is 16.4. The third-order valence-corrected chi connectivity index (χ3v) is 5.05. The molecule has 120 valence electrons. The Kier molecular flexibility index (Phi) is 4.57. The quantitative estimate of drug-likeness (QED) is 0.713. The molecule has 0 amide bonds. The fraction of sp³-hybridized carbons (Fsp3) is 0.389. The van der Waals surface area contributed by atoms with Crippen molar-refractivity contribution in [3.63, 3.8) is 0 Å². The van der Waals surface area contributed by atoms with Crippen molar-refractivity contribution in [3.05, 3.63) is 57.2 Å². The molecule has 4 nitrogen and oxygen atoms in total. The maximum atomic E-state index is 12.8. The van der Waals surface area contributed by atoms with Crippen molar-refractivity contribution in [1.82, 2.24) is 14.5 Å². The van der Waals surface area contributed by atoms with Gasteiger partial charge in [-0.3, -0.25) is 14.3 Å². The first-order chi connectivity index (χ1) is 11.1. The Morgan fingerprint density at radius 1 is 1.35 bits per heavy atom. The number of pyridine rings is 1. The summed E-state index contributed by atoms with van der Waals surface area (Å²) in [5.41, 5.74) is 2.05. The maximum absolute atomic E-state index is 12.8. The smallest absolute Gasteiger partial charge is 0.262 e. The Morgan fingerprint density at radius 2 is 2.17 bits per heavy atom. The zero-order valence-electron chi connectivity index (χ0n) is 13.7. The highest BCUT2D eigenvalue weighted by Gasteiger charge is 2.13. The molecule has 3 aromatic heterocycles. The molecule has 0 aromatic carbocycles.